The van der Waals surface area contributed by atoms with Crippen molar-refractivity contribution in [1.29, 1.82) is 0 Å². The number of morpholine rings is 1. The standard InChI is InChI=1S/C10H18N2O2S/c1-8-7-15-5-3-12(8)10(13)9-6-11-2-4-14-9/h8-9,11H,2-7H2,1H3/t8?,9-/m1/s1. The van der Waals surface area contributed by atoms with Gasteiger partial charge in [0, 0.05) is 37.2 Å². The second-order valence-electron chi connectivity index (χ2n) is 4.02. The minimum Gasteiger partial charge on any atom is -0.366 e. The Labute approximate surface area is 94.7 Å². The molecule has 0 aromatic carbocycles. The van der Waals surface area contributed by atoms with E-state index >= 15 is 0 Å². The maximum atomic E-state index is 12.1. The lowest BCUT2D eigenvalue weighted by atomic mass is 10.2. The maximum Gasteiger partial charge on any atom is 0.253 e. The van der Waals surface area contributed by atoms with Gasteiger partial charge in [-0.05, 0) is 6.92 Å². The first kappa shape index (κ1) is 11.2. The summed E-state index contributed by atoms with van der Waals surface area (Å²) in [6.07, 6.45) is -0.260. The Morgan fingerprint density at radius 2 is 2.47 bits per heavy atom. The molecular formula is C10H18N2O2S. The molecule has 2 rings (SSSR count). The molecule has 0 aromatic rings. The van der Waals surface area contributed by atoms with Gasteiger partial charge in [0.05, 0.1) is 6.61 Å². The number of ether oxygens (including phenoxy) is 1. The van der Waals surface area contributed by atoms with Gasteiger partial charge >= 0.3 is 0 Å². The third-order valence-electron chi connectivity index (χ3n) is 2.85. The van der Waals surface area contributed by atoms with E-state index in [1.807, 2.05) is 16.7 Å². The monoisotopic (exact) mass is 230 g/mol. The molecule has 2 heterocycles. The minimum absolute atomic E-state index is 0.162. The molecule has 0 saturated carbocycles. The Morgan fingerprint density at radius 1 is 1.60 bits per heavy atom. The number of thioether (sulfide) groups is 1. The van der Waals surface area contributed by atoms with E-state index < -0.39 is 0 Å². The van der Waals surface area contributed by atoms with E-state index in [4.69, 9.17) is 4.74 Å². The predicted molar refractivity (Wildman–Crippen MR) is 61.1 cm³/mol. The highest BCUT2D eigenvalue weighted by molar-refractivity contribution is 7.99. The zero-order chi connectivity index (χ0) is 10.7. The molecule has 0 aliphatic carbocycles. The summed E-state index contributed by atoms with van der Waals surface area (Å²) in [4.78, 5) is 14.1. The Morgan fingerprint density at radius 3 is 3.13 bits per heavy atom. The van der Waals surface area contributed by atoms with Crippen molar-refractivity contribution in [3.05, 3.63) is 0 Å². The molecule has 0 radical (unpaired) electrons. The van der Waals surface area contributed by atoms with Gasteiger partial charge in [0.25, 0.3) is 5.91 Å². The molecule has 0 bridgehead atoms. The highest BCUT2D eigenvalue weighted by Gasteiger charge is 2.30. The van der Waals surface area contributed by atoms with Crippen molar-refractivity contribution in [2.24, 2.45) is 0 Å². The van der Waals surface area contributed by atoms with E-state index in [1.54, 1.807) is 0 Å². The van der Waals surface area contributed by atoms with Crippen LogP contribution >= 0.6 is 11.8 Å². The Bertz CT molecular complexity index is 231. The average molecular weight is 230 g/mol. The Kier molecular flexibility index (Phi) is 3.88. The highest BCUT2D eigenvalue weighted by Crippen LogP contribution is 2.17. The van der Waals surface area contributed by atoms with Crippen LogP contribution in [-0.2, 0) is 9.53 Å². The molecule has 15 heavy (non-hydrogen) atoms. The molecule has 2 atom stereocenters. The number of hydrogen-bond acceptors (Lipinski definition) is 4. The second kappa shape index (κ2) is 5.18. The highest BCUT2D eigenvalue weighted by atomic mass is 32.2. The van der Waals surface area contributed by atoms with Gasteiger partial charge in [-0.2, -0.15) is 11.8 Å². The van der Waals surface area contributed by atoms with Gasteiger partial charge in [-0.15, -0.1) is 0 Å². The van der Waals surface area contributed by atoms with Gasteiger partial charge < -0.3 is 15.0 Å². The Hall–Kier alpha value is -0.260. The lowest BCUT2D eigenvalue weighted by molar-refractivity contribution is -0.146. The number of amides is 1. The quantitative estimate of drug-likeness (QED) is 0.685. The molecule has 5 heteroatoms. The molecule has 2 aliphatic rings. The first-order valence-corrected chi connectivity index (χ1v) is 6.65. The van der Waals surface area contributed by atoms with Crippen LogP contribution in [0, 0.1) is 0 Å². The number of nitrogens with one attached hydrogen (secondary N) is 1. The molecule has 0 aromatic heterocycles. The zero-order valence-corrected chi connectivity index (χ0v) is 9.89. The summed E-state index contributed by atoms with van der Waals surface area (Å²) in [5.41, 5.74) is 0. The van der Waals surface area contributed by atoms with Gasteiger partial charge in [0.15, 0.2) is 0 Å². The zero-order valence-electron chi connectivity index (χ0n) is 9.07. The van der Waals surface area contributed by atoms with Crippen LogP contribution in [-0.4, -0.2) is 60.7 Å². The van der Waals surface area contributed by atoms with Gasteiger partial charge in [0.2, 0.25) is 0 Å². The molecule has 4 nitrogen and oxygen atoms in total. The summed E-state index contributed by atoms with van der Waals surface area (Å²) in [7, 11) is 0. The van der Waals surface area contributed by atoms with Gasteiger partial charge in [-0.1, -0.05) is 0 Å². The molecular weight excluding hydrogens is 212 g/mol. The number of carbonyl (C=O) groups excluding carboxylic acids is 1. The maximum absolute atomic E-state index is 12.1. The van der Waals surface area contributed by atoms with Crippen LogP contribution in [0.15, 0.2) is 0 Å². The van der Waals surface area contributed by atoms with Crippen LogP contribution in [0.4, 0.5) is 0 Å². The smallest absolute Gasteiger partial charge is 0.253 e. The number of carbonyl (C=O) groups is 1. The van der Waals surface area contributed by atoms with Crippen molar-refractivity contribution in [1.82, 2.24) is 10.2 Å². The first-order chi connectivity index (χ1) is 7.29. The van der Waals surface area contributed by atoms with E-state index in [2.05, 4.69) is 12.2 Å². The summed E-state index contributed by atoms with van der Waals surface area (Å²) >= 11 is 1.92. The molecule has 2 saturated heterocycles. The lowest BCUT2D eigenvalue weighted by Gasteiger charge is -2.36. The lowest BCUT2D eigenvalue weighted by Crippen LogP contribution is -2.54. The summed E-state index contributed by atoms with van der Waals surface area (Å²) < 4.78 is 5.48. The van der Waals surface area contributed by atoms with Crippen molar-refractivity contribution in [2.75, 3.05) is 37.7 Å². The van der Waals surface area contributed by atoms with Gasteiger partial charge in [-0.25, -0.2) is 0 Å². The fraction of sp³-hybridized carbons (Fsp3) is 0.900. The van der Waals surface area contributed by atoms with Crippen LogP contribution in [0.5, 0.6) is 0 Å². The van der Waals surface area contributed by atoms with E-state index in [1.165, 1.54) is 0 Å². The molecule has 86 valence electrons. The predicted octanol–water partition coefficient (Wildman–Crippen LogP) is -0.0613. The fourth-order valence-electron chi connectivity index (χ4n) is 1.96. The average Bonchev–Trinajstić information content (AvgIpc) is 2.30. The molecule has 1 N–H and O–H groups in total. The van der Waals surface area contributed by atoms with Crippen LogP contribution in [0.2, 0.25) is 0 Å². The van der Waals surface area contributed by atoms with Crippen molar-refractivity contribution in [3.8, 4) is 0 Å². The molecule has 1 unspecified atom stereocenters. The third kappa shape index (κ3) is 2.65. The number of nitrogens with zero attached hydrogens (tertiary/aromatic N) is 1. The minimum atomic E-state index is -0.260. The largest absolute Gasteiger partial charge is 0.366 e. The third-order valence-corrected chi connectivity index (χ3v) is 4.04. The van der Waals surface area contributed by atoms with E-state index in [0.717, 1.165) is 24.6 Å². The van der Waals surface area contributed by atoms with Crippen molar-refractivity contribution in [2.45, 2.75) is 19.1 Å². The van der Waals surface area contributed by atoms with Crippen LogP contribution < -0.4 is 5.32 Å². The molecule has 0 spiro atoms. The van der Waals surface area contributed by atoms with Crippen molar-refractivity contribution in [3.63, 3.8) is 0 Å². The van der Waals surface area contributed by atoms with E-state index in [-0.39, 0.29) is 12.0 Å². The van der Waals surface area contributed by atoms with Crippen LogP contribution in [0.3, 0.4) is 0 Å². The van der Waals surface area contributed by atoms with Crippen molar-refractivity contribution >= 4 is 17.7 Å². The normalized spacial score (nSPS) is 32.7. The molecule has 1 amide bonds. The molecule has 2 fully saturated rings. The van der Waals surface area contributed by atoms with Crippen molar-refractivity contribution < 1.29 is 9.53 Å². The van der Waals surface area contributed by atoms with E-state index in [9.17, 15) is 4.79 Å². The van der Waals surface area contributed by atoms with Gasteiger partial charge in [-0.3, -0.25) is 4.79 Å². The fourth-order valence-corrected chi connectivity index (χ4v) is 2.98. The Balaban J connectivity index is 1.92. The summed E-state index contributed by atoms with van der Waals surface area (Å²) in [5, 5.41) is 3.19. The van der Waals surface area contributed by atoms with E-state index in [0.29, 0.717) is 19.2 Å². The van der Waals surface area contributed by atoms with Crippen LogP contribution in [0.1, 0.15) is 6.92 Å². The second-order valence-corrected chi connectivity index (χ2v) is 5.17. The molecule has 2 aliphatic heterocycles. The van der Waals surface area contributed by atoms with Gasteiger partial charge in [0.1, 0.15) is 6.10 Å². The summed E-state index contributed by atoms with van der Waals surface area (Å²) in [5.74, 6) is 2.26. The topological polar surface area (TPSA) is 41.6 Å². The summed E-state index contributed by atoms with van der Waals surface area (Å²) in [6, 6.07) is 0.349. The SMILES string of the molecule is CC1CSCCN1C(=O)[C@H]1CNCCO1. The number of rotatable bonds is 1. The number of hydrogen-bond donors (Lipinski definition) is 1. The summed E-state index contributed by atoms with van der Waals surface area (Å²) in [6.45, 7) is 5.14. The first-order valence-electron chi connectivity index (χ1n) is 5.49. The van der Waals surface area contributed by atoms with Crippen LogP contribution in [0.25, 0.3) is 0 Å².